The Balaban J connectivity index is 2.44. The molecule has 0 heterocycles. The molecule has 1 aromatic rings. The zero-order valence-corrected chi connectivity index (χ0v) is 9.45. The summed E-state index contributed by atoms with van der Waals surface area (Å²) in [5, 5.41) is 8.79. The van der Waals surface area contributed by atoms with Gasteiger partial charge < -0.3 is 9.84 Å². The second-order valence-electron chi connectivity index (χ2n) is 3.10. The Bertz CT molecular complexity index is 368. The zero-order valence-electron chi connectivity index (χ0n) is 8.63. The molecule has 0 atom stereocenters. The summed E-state index contributed by atoms with van der Waals surface area (Å²) >= 11 is -0.201. The minimum absolute atomic E-state index is 0.108. The maximum atomic E-state index is 12.9. The molecule has 0 saturated heterocycles. The van der Waals surface area contributed by atoms with Gasteiger partial charge in [-0.05, 0) is 29.5 Å². The van der Waals surface area contributed by atoms with Crippen molar-refractivity contribution in [3.05, 3.63) is 29.6 Å². The van der Waals surface area contributed by atoms with Gasteiger partial charge in [0, 0.05) is 11.8 Å². The van der Waals surface area contributed by atoms with Crippen LogP contribution in [0.15, 0.2) is 18.2 Å². The molecule has 1 N–H and O–H groups in total. The maximum Gasteiger partial charge on any atom is 0.441 e. The lowest BCUT2D eigenvalue weighted by Gasteiger charge is -2.08. The molecule has 0 aromatic heterocycles. The Morgan fingerprint density at radius 2 is 1.94 bits per heavy atom. The number of hydrogen-bond donors (Lipinski definition) is 1. The molecule has 0 aliphatic carbocycles. The first-order valence-corrected chi connectivity index (χ1v) is 5.63. The van der Waals surface area contributed by atoms with Gasteiger partial charge in [-0.1, -0.05) is 0 Å². The molecule has 0 aliphatic heterocycles. The van der Waals surface area contributed by atoms with Crippen molar-refractivity contribution in [3.8, 4) is 5.75 Å². The third kappa shape index (κ3) is 5.78. The molecule has 96 valence electrons. The molecular formula is C10H10F4O2S. The summed E-state index contributed by atoms with van der Waals surface area (Å²) in [6.45, 7) is -0.538. The minimum Gasteiger partial charge on any atom is -0.493 e. The van der Waals surface area contributed by atoms with Gasteiger partial charge in [0.2, 0.25) is 0 Å². The fraction of sp³-hybridized carbons (Fsp3) is 0.400. The first kappa shape index (κ1) is 14.1. The van der Waals surface area contributed by atoms with Crippen LogP contribution in [0.3, 0.4) is 0 Å². The summed E-state index contributed by atoms with van der Waals surface area (Å²) in [4.78, 5) is 0. The zero-order chi connectivity index (χ0) is 12.9. The normalized spacial score (nSPS) is 11.6. The van der Waals surface area contributed by atoms with Crippen LogP contribution in [0, 0.1) is 5.82 Å². The highest BCUT2D eigenvalue weighted by Gasteiger charge is 2.27. The van der Waals surface area contributed by atoms with E-state index in [2.05, 4.69) is 0 Å². The van der Waals surface area contributed by atoms with E-state index < -0.39 is 11.3 Å². The Kier molecular flexibility index (Phi) is 5.07. The van der Waals surface area contributed by atoms with Crippen molar-refractivity contribution in [2.24, 2.45) is 0 Å². The summed E-state index contributed by atoms with van der Waals surface area (Å²) in [5.74, 6) is -0.763. The van der Waals surface area contributed by atoms with Crippen molar-refractivity contribution in [3.63, 3.8) is 0 Å². The van der Waals surface area contributed by atoms with E-state index in [9.17, 15) is 17.6 Å². The van der Waals surface area contributed by atoms with Gasteiger partial charge in [0.15, 0.2) is 0 Å². The van der Waals surface area contributed by atoms with Crippen LogP contribution in [-0.2, 0) is 6.61 Å². The summed E-state index contributed by atoms with van der Waals surface area (Å²) in [5.41, 5.74) is -3.98. The Hall–Kier alpha value is -0.950. The molecule has 0 saturated carbocycles. The second kappa shape index (κ2) is 6.11. The van der Waals surface area contributed by atoms with Crippen LogP contribution in [0.4, 0.5) is 17.6 Å². The molecule has 2 nitrogen and oxygen atoms in total. The highest BCUT2D eigenvalue weighted by molar-refractivity contribution is 8.00. The Morgan fingerprint density at radius 3 is 2.53 bits per heavy atom. The van der Waals surface area contributed by atoms with Crippen molar-refractivity contribution in [2.45, 2.75) is 12.1 Å². The van der Waals surface area contributed by atoms with Crippen LogP contribution in [-0.4, -0.2) is 23.0 Å². The van der Waals surface area contributed by atoms with E-state index in [0.717, 1.165) is 12.1 Å². The smallest absolute Gasteiger partial charge is 0.441 e. The number of thioether (sulfide) groups is 1. The lowest BCUT2D eigenvalue weighted by molar-refractivity contribution is -0.0329. The van der Waals surface area contributed by atoms with E-state index in [1.54, 1.807) is 0 Å². The van der Waals surface area contributed by atoms with E-state index >= 15 is 0 Å². The largest absolute Gasteiger partial charge is 0.493 e. The van der Waals surface area contributed by atoms with Crippen LogP contribution >= 0.6 is 11.8 Å². The number of alkyl halides is 3. The van der Waals surface area contributed by atoms with Gasteiger partial charge in [-0.25, -0.2) is 4.39 Å². The fourth-order valence-electron chi connectivity index (χ4n) is 1.11. The molecule has 0 radical (unpaired) electrons. The predicted octanol–water partition coefficient (Wildman–Crippen LogP) is 2.95. The molecule has 0 amide bonds. The van der Waals surface area contributed by atoms with E-state index in [4.69, 9.17) is 9.84 Å². The number of benzene rings is 1. The van der Waals surface area contributed by atoms with Crippen molar-refractivity contribution in [1.82, 2.24) is 0 Å². The Morgan fingerprint density at radius 1 is 1.24 bits per heavy atom. The Labute approximate surface area is 99.6 Å². The van der Waals surface area contributed by atoms with Gasteiger partial charge in [0.05, 0.1) is 13.2 Å². The van der Waals surface area contributed by atoms with Crippen LogP contribution < -0.4 is 4.74 Å². The molecule has 0 fully saturated rings. The third-order valence-electron chi connectivity index (χ3n) is 1.73. The van der Waals surface area contributed by atoms with E-state index in [0.29, 0.717) is 5.56 Å². The number of hydrogen-bond acceptors (Lipinski definition) is 3. The topological polar surface area (TPSA) is 29.5 Å². The fourth-order valence-corrected chi connectivity index (χ4v) is 1.51. The predicted molar refractivity (Wildman–Crippen MR) is 56.3 cm³/mol. The van der Waals surface area contributed by atoms with Crippen molar-refractivity contribution in [1.29, 1.82) is 0 Å². The van der Waals surface area contributed by atoms with E-state index in [-0.39, 0.29) is 36.5 Å². The van der Waals surface area contributed by atoms with Gasteiger partial charge in [0.25, 0.3) is 0 Å². The van der Waals surface area contributed by atoms with E-state index in [1.807, 2.05) is 0 Å². The number of aliphatic hydroxyl groups is 1. The van der Waals surface area contributed by atoms with Gasteiger partial charge >= 0.3 is 5.51 Å². The van der Waals surface area contributed by atoms with Crippen LogP contribution in [0.2, 0.25) is 0 Å². The van der Waals surface area contributed by atoms with Gasteiger partial charge in [-0.3, -0.25) is 0 Å². The maximum absolute atomic E-state index is 12.9. The molecule has 7 heteroatoms. The molecule has 0 aliphatic rings. The van der Waals surface area contributed by atoms with E-state index in [1.165, 1.54) is 6.07 Å². The van der Waals surface area contributed by atoms with Gasteiger partial charge in [0.1, 0.15) is 11.6 Å². The summed E-state index contributed by atoms with van der Waals surface area (Å²) in [7, 11) is 0. The minimum atomic E-state index is -4.29. The second-order valence-corrected chi connectivity index (χ2v) is 4.26. The lowest BCUT2D eigenvalue weighted by atomic mass is 10.2. The SMILES string of the molecule is OCc1cc(F)cc(OCCSC(F)(F)F)c1. The molecular weight excluding hydrogens is 260 g/mol. The van der Waals surface area contributed by atoms with Crippen LogP contribution in [0.1, 0.15) is 5.56 Å². The van der Waals surface area contributed by atoms with Gasteiger partial charge in [-0.2, -0.15) is 13.2 Å². The molecule has 17 heavy (non-hydrogen) atoms. The molecule has 1 rings (SSSR count). The first-order chi connectivity index (χ1) is 7.90. The number of ether oxygens (including phenoxy) is 1. The average Bonchev–Trinajstić information content (AvgIpc) is 2.22. The van der Waals surface area contributed by atoms with Crippen LogP contribution in [0.5, 0.6) is 5.75 Å². The number of aliphatic hydroxyl groups excluding tert-OH is 1. The standard InChI is InChI=1S/C10H10F4O2S/c11-8-3-7(6-15)4-9(5-8)16-1-2-17-10(12,13)14/h3-5,15H,1-2,6H2. The molecule has 0 spiro atoms. The summed E-state index contributed by atoms with van der Waals surface area (Å²) < 4.78 is 53.2. The van der Waals surface area contributed by atoms with Crippen molar-refractivity contribution < 1.29 is 27.4 Å². The molecule has 0 unspecified atom stereocenters. The number of rotatable bonds is 5. The van der Waals surface area contributed by atoms with Crippen molar-refractivity contribution >= 4 is 11.8 Å². The number of halogens is 4. The van der Waals surface area contributed by atoms with Crippen LogP contribution in [0.25, 0.3) is 0 Å². The monoisotopic (exact) mass is 270 g/mol. The summed E-state index contributed by atoms with van der Waals surface area (Å²) in [6, 6.07) is 3.55. The first-order valence-electron chi connectivity index (χ1n) is 4.64. The quantitative estimate of drug-likeness (QED) is 0.659. The van der Waals surface area contributed by atoms with Crippen molar-refractivity contribution in [2.75, 3.05) is 12.4 Å². The molecule has 0 bridgehead atoms. The highest BCUT2D eigenvalue weighted by Crippen LogP contribution is 2.29. The molecule has 1 aromatic carbocycles. The summed E-state index contributed by atoms with van der Waals surface area (Å²) in [6.07, 6.45) is 0. The van der Waals surface area contributed by atoms with Gasteiger partial charge in [-0.15, -0.1) is 0 Å². The average molecular weight is 270 g/mol. The third-order valence-corrected chi connectivity index (χ3v) is 2.43. The lowest BCUT2D eigenvalue weighted by Crippen LogP contribution is -2.07. The highest BCUT2D eigenvalue weighted by atomic mass is 32.2.